The summed E-state index contributed by atoms with van der Waals surface area (Å²) in [7, 11) is 0. The van der Waals surface area contributed by atoms with E-state index in [0.29, 0.717) is 30.3 Å². The summed E-state index contributed by atoms with van der Waals surface area (Å²) in [6.07, 6.45) is -0.488. The molecular formula is C19H24N2O4. The second-order valence-corrected chi connectivity index (χ2v) is 6.42. The van der Waals surface area contributed by atoms with Crippen LogP contribution in [-0.2, 0) is 4.74 Å². The summed E-state index contributed by atoms with van der Waals surface area (Å²) >= 11 is 0. The van der Waals surface area contributed by atoms with E-state index in [1.54, 1.807) is 36.4 Å². The van der Waals surface area contributed by atoms with Crippen molar-refractivity contribution in [1.82, 2.24) is 0 Å². The predicted molar refractivity (Wildman–Crippen MR) is 98.1 cm³/mol. The Labute approximate surface area is 147 Å². The van der Waals surface area contributed by atoms with E-state index in [1.165, 1.54) is 0 Å². The summed E-state index contributed by atoms with van der Waals surface area (Å²) < 4.78 is 16.3. The number of nitrogens with two attached hydrogens (primary N) is 1. The molecule has 2 aromatic rings. The second kappa shape index (κ2) is 8.28. The van der Waals surface area contributed by atoms with Crippen LogP contribution >= 0.6 is 0 Å². The number of nitrogen functional groups attached to an aromatic ring is 1. The summed E-state index contributed by atoms with van der Waals surface area (Å²) in [5, 5.41) is 2.67. The van der Waals surface area contributed by atoms with Crippen LogP contribution in [0.5, 0.6) is 11.5 Å². The van der Waals surface area contributed by atoms with Crippen LogP contribution in [0.1, 0.15) is 20.8 Å². The molecule has 134 valence electrons. The zero-order chi connectivity index (χ0) is 18.3. The van der Waals surface area contributed by atoms with Crippen molar-refractivity contribution in [2.24, 2.45) is 0 Å². The highest BCUT2D eigenvalue weighted by Crippen LogP contribution is 2.17. The maximum absolute atomic E-state index is 11.7. The third-order valence-electron chi connectivity index (χ3n) is 3.00. The number of benzene rings is 2. The van der Waals surface area contributed by atoms with Crippen LogP contribution in [0.15, 0.2) is 48.5 Å². The minimum absolute atomic E-state index is 0.406. The third kappa shape index (κ3) is 7.03. The normalized spacial score (nSPS) is 10.8. The van der Waals surface area contributed by atoms with Gasteiger partial charge in [0.2, 0.25) is 0 Å². The Kier molecular flexibility index (Phi) is 6.11. The molecule has 0 aliphatic rings. The first kappa shape index (κ1) is 18.4. The Morgan fingerprint density at radius 1 is 0.920 bits per heavy atom. The molecule has 6 heteroatoms. The zero-order valence-electron chi connectivity index (χ0n) is 14.7. The molecule has 0 atom stereocenters. The van der Waals surface area contributed by atoms with Crippen LogP contribution in [0.3, 0.4) is 0 Å². The maximum Gasteiger partial charge on any atom is 0.412 e. The topological polar surface area (TPSA) is 82.8 Å². The third-order valence-corrected chi connectivity index (χ3v) is 3.00. The minimum Gasteiger partial charge on any atom is -0.490 e. The largest absolute Gasteiger partial charge is 0.490 e. The van der Waals surface area contributed by atoms with Gasteiger partial charge in [0, 0.05) is 11.4 Å². The average Bonchev–Trinajstić information content (AvgIpc) is 2.53. The number of carbonyl (C=O) groups excluding carboxylic acids is 1. The van der Waals surface area contributed by atoms with Crippen LogP contribution in [0, 0.1) is 0 Å². The summed E-state index contributed by atoms with van der Waals surface area (Å²) in [6, 6.07) is 14.2. The molecule has 0 fully saturated rings. The van der Waals surface area contributed by atoms with Crippen LogP contribution in [-0.4, -0.2) is 24.9 Å². The molecule has 2 aromatic carbocycles. The molecule has 0 unspecified atom stereocenters. The monoisotopic (exact) mass is 344 g/mol. The van der Waals surface area contributed by atoms with Crippen molar-refractivity contribution in [3.63, 3.8) is 0 Å². The van der Waals surface area contributed by atoms with E-state index in [0.717, 1.165) is 5.75 Å². The molecule has 0 aliphatic heterocycles. The molecule has 0 heterocycles. The van der Waals surface area contributed by atoms with Gasteiger partial charge in [0.1, 0.15) is 30.3 Å². The Morgan fingerprint density at radius 3 is 1.88 bits per heavy atom. The lowest BCUT2D eigenvalue weighted by atomic mass is 10.2. The fraction of sp³-hybridized carbons (Fsp3) is 0.316. The number of carbonyl (C=O) groups is 1. The van der Waals surface area contributed by atoms with Crippen LogP contribution in [0.2, 0.25) is 0 Å². The quantitative estimate of drug-likeness (QED) is 0.609. The molecule has 0 radical (unpaired) electrons. The second-order valence-electron chi connectivity index (χ2n) is 6.42. The van der Waals surface area contributed by atoms with Gasteiger partial charge < -0.3 is 19.9 Å². The van der Waals surface area contributed by atoms with Crippen molar-refractivity contribution < 1.29 is 19.0 Å². The summed E-state index contributed by atoms with van der Waals surface area (Å²) in [6.45, 7) is 6.27. The highest BCUT2D eigenvalue weighted by atomic mass is 16.6. The van der Waals surface area contributed by atoms with E-state index in [-0.39, 0.29) is 0 Å². The molecule has 0 saturated heterocycles. The number of anilines is 2. The van der Waals surface area contributed by atoms with E-state index >= 15 is 0 Å². The first-order valence-corrected chi connectivity index (χ1v) is 8.03. The van der Waals surface area contributed by atoms with Gasteiger partial charge >= 0.3 is 6.09 Å². The molecule has 6 nitrogen and oxygen atoms in total. The van der Waals surface area contributed by atoms with E-state index < -0.39 is 11.7 Å². The van der Waals surface area contributed by atoms with Crippen molar-refractivity contribution in [3.8, 4) is 11.5 Å². The summed E-state index contributed by atoms with van der Waals surface area (Å²) in [5.74, 6) is 1.44. The lowest BCUT2D eigenvalue weighted by Gasteiger charge is -2.19. The van der Waals surface area contributed by atoms with Gasteiger partial charge in [-0.2, -0.15) is 0 Å². The molecular weight excluding hydrogens is 320 g/mol. The SMILES string of the molecule is CC(C)(C)OC(=O)Nc1ccc(OCCOc2ccc(N)cc2)cc1. The number of hydrogen-bond donors (Lipinski definition) is 2. The van der Waals surface area contributed by atoms with Crippen LogP contribution in [0.4, 0.5) is 16.2 Å². The molecule has 0 aromatic heterocycles. The number of nitrogens with one attached hydrogen (secondary N) is 1. The van der Waals surface area contributed by atoms with E-state index in [4.69, 9.17) is 19.9 Å². The lowest BCUT2D eigenvalue weighted by molar-refractivity contribution is 0.0636. The fourth-order valence-electron chi connectivity index (χ4n) is 1.94. The molecule has 1 amide bonds. The van der Waals surface area contributed by atoms with Gasteiger partial charge in [-0.3, -0.25) is 5.32 Å². The van der Waals surface area contributed by atoms with Gasteiger partial charge in [-0.15, -0.1) is 0 Å². The van der Waals surface area contributed by atoms with Crippen molar-refractivity contribution >= 4 is 17.5 Å². The van der Waals surface area contributed by atoms with Crippen molar-refractivity contribution in [3.05, 3.63) is 48.5 Å². The Balaban J connectivity index is 1.73. The molecule has 0 spiro atoms. The number of rotatable bonds is 6. The standard InChI is InChI=1S/C19H24N2O4/c1-19(2,3)25-18(22)21-15-6-10-17(11-7-15)24-13-12-23-16-8-4-14(20)5-9-16/h4-11H,12-13,20H2,1-3H3,(H,21,22). The summed E-state index contributed by atoms with van der Waals surface area (Å²) in [4.78, 5) is 11.7. The van der Waals surface area contributed by atoms with Crippen molar-refractivity contribution in [2.75, 3.05) is 24.3 Å². The molecule has 0 aliphatic carbocycles. The number of hydrogen-bond acceptors (Lipinski definition) is 5. The van der Waals surface area contributed by atoms with Gasteiger partial charge in [-0.05, 0) is 69.3 Å². The molecule has 2 rings (SSSR count). The van der Waals surface area contributed by atoms with E-state index in [2.05, 4.69) is 5.32 Å². The van der Waals surface area contributed by atoms with Crippen molar-refractivity contribution in [1.29, 1.82) is 0 Å². The first-order chi connectivity index (χ1) is 11.8. The predicted octanol–water partition coefficient (Wildman–Crippen LogP) is 4.07. The maximum atomic E-state index is 11.7. The van der Waals surface area contributed by atoms with Gasteiger partial charge in [-0.1, -0.05) is 0 Å². The average molecular weight is 344 g/mol. The van der Waals surface area contributed by atoms with E-state index in [9.17, 15) is 4.79 Å². The van der Waals surface area contributed by atoms with Crippen LogP contribution in [0.25, 0.3) is 0 Å². The molecule has 3 N–H and O–H groups in total. The Morgan fingerprint density at radius 2 is 1.40 bits per heavy atom. The Hall–Kier alpha value is -2.89. The van der Waals surface area contributed by atoms with Gasteiger partial charge in [-0.25, -0.2) is 4.79 Å². The van der Waals surface area contributed by atoms with Gasteiger partial charge in [0.05, 0.1) is 0 Å². The van der Waals surface area contributed by atoms with Gasteiger partial charge in [0.25, 0.3) is 0 Å². The lowest BCUT2D eigenvalue weighted by Crippen LogP contribution is -2.27. The van der Waals surface area contributed by atoms with Gasteiger partial charge in [0.15, 0.2) is 0 Å². The number of amides is 1. The van der Waals surface area contributed by atoms with E-state index in [1.807, 2.05) is 32.9 Å². The van der Waals surface area contributed by atoms with Crippen LogP contribution < -0.4 is 20.5 Å². The number of ether oxygens (including phenoxy) is 3. The molecule has 25 heavy (non-hydrogen) atoms. The first-order valence-electron chi connectivity index (χ1n) is 8.03. The fourth-order valence-corrected chi connectivity index (χ4v) is 1.94. The zero-order valence-corrected chi connectivity index (χ0v) is 14.7. The highest BCUT2D eigenvalue weighted by Gasteiger charge is 2.16. The van der Waals surface area contributed by atoms with Crippen molar-refractivity contribution in [2.45, 2.75) is 26.4 Å². The summed E-state index contributed by atoms with van der Waals surface area (Å²) in [5.41, 5.74) is 6.42. The Bertz CT molecular complexity index is 676. The smallest absolute Gasteiger partial charge is 0.412 e. The molecule has 0 saturated carbocycles. The molecule has 0 bridgehead atoms. The minimum atomic E-state index is -0.530. The highest BCUT2D eigenvalue weighted by molar-refractivity contribution is 5.84.